The number of aliphatic hydroxyl groups excluding tert-OH is 3. The van der Waals surface area contributed by atoms with E-state index >= 15 is 0 Å². The summed E-state index contributed by atoms with van der Waals surface area (Å²) in [6, 6.07) is 3.22. The van der Waals surface area contributed by atoms with E-state index in [2.05, 4.69) is 20.3 Å². The Balaban J connectivity index is 1.41. The highest BCUT2D eigenvalue weighted by Crippen LogP contribution is 2.51. The maximum atomic E-state index is 15.0. The summed E-state index contributed by atoms with van der Waals surface area (Å²) in [6.07, 6.45) is 3.50. The molecule has 0 radical (unpaired) electrons. The van der Waals surface area contributed by atoms with E-state index in [9.17, 15) is 40.0 Å². The number of aliphatic hydroxyl groups is 3. The molecule has 7 N–H and O–H groups in total. The lowest BCUT2D eigenvalue weighted by atomic mass is 9.78. The van der Waals surface area contributed by atoms with Crippen LogP contribution in [0, 0.1) is 30.6 Å². The van der Waals surface area contributed by atoms with Crippen LogP contribution in [0.3, 0.4) is 0 Å². The second kappa shape index (κ2) is 21.6. The second-order valence-corrected chi connectivity index (χ2v) is 18.8. The molecule has 0 saturated carbocycles. The summed E-state index contributed by atoms with van der Waals surface area (Å²) in [6.45, 7) is 16.5. The van der Waals surface area contributed by atoms with Crippen LogP contribution < -0.4 is 20.4 Å². The van der Waals surface area contributed by atoms with Gasteiger partial charge in [0, 0.05) is 112 Å². The molecule has 20 nitrogen and oxygen atoms in total. The summed E-state index contributed by atoms with van der Waals surface area (Å²) in [5.41, 5.74) is -0.809. The van der Waals surface area contributed by atoms with Crippen molar-refractivity contribution >= 4 is 50.8 Å². The molecule has 0 aromatic heterocycles. The number of nitrogens with zero attached hydrogens (tertiary/aromatic N) is 4. The fourth-order valence-electron chi connectivity index (χ4n) is 9.80. The quantitative estimate of drug-likeness (QED) is 0.0312. The zero-order chi connectivity index (χ0) is 51.6. The molecular formula is C51H65N5O15. The lowest BCUT2D eigenvalue weighted by Gasteiger charge is -2.38. The Morgan fingerprint density at radius 3 is 2.37 bits per heavy atom. The van der Waals surface area contributed by atoms with Gasteiger partial charge in [-0.25, -0.2) is 4.98 Å². The number of allylic oxidation sites excluding steroid dienone is 2. The maximum absolute atomic E-state index is 15.0. The van der Waals surface area contributed by atoms with Crippen molar-refractivity contribution in [1.82, 2.24) is 9.88 Å². The Kier molecular flexibility index (Phi) is 16.0. The zero-order valence-electron chi connectivity index (χ0n) is 41.5. The molecule has 4 aliphatic heterocycles. The van der Waals surface area contributed by atoms with Gasteiger partial charge in [-0.1, -0.05) is 51.1 Å². The number of carbonyl (C=O) groups is 2. The van der Waals surface area contributed by atoms with E-state index in [1.165, 1.54) is 53.2 Å². The molecule has 1 fully saturated rings. The lowest BCUT2D eigenvalue weighted by Crippen LogP contribution is -2.47. The summed E-state index contributed by atoms with van der Waals surface area (Å²) < 4.78 is 36.3. The molecule has 4 heterocycles. The Morgan fingerprint density at radius 2 is 1.70 bits per heavy atom. The summed E-state index contributed by atoms with van der Waals surface area (Å²) in [5, 5.41) is 72.5. The zero-order valence-corrected chi connectivity index (χ0v) is 41.5. The third-order valence-corrected chi connectivity index (χ3v) is 14.1. The third-order valence-electron chi connectivity index (χ3n) is 14.1. The van der Waals surface area contributed by atoms with E-state index in [1.54, 1.807) is 52.0 Å². The number of fused-ring (bicyclic) bond motifs is 2. The summed E-state index contributed by atoms with van der Waals surface area (Å²) in [7, 11) is 1.44. The molecule has 20 heteroatoms. The minimum absolute atomic E-state index is 0.00181. The van der Waals surface area contributed by atoms with Gasteiger partial charge in [-0.15, -0.1) is 0 Å². The monoisotopic (exact) mass is 987 g/mol. The predicted molar refractivity (Wildman–Crippen MR) is 263 cm³/mol. The highest BCUT2D eigenvalue weighted by molar-refractivity contribution is 6.24. The van der Waals surface area contributed by atoms with Crippen molar-refractivity contribution in [1.29, 1.82) is 0 Å². The number of oxime groups is 1. The van der Waals surface area contributed by atoms with Crippen LogP contribution in [-0.2, 0) is 28.5 Å². The molecule has 1 aliphatic carbocycles. The number of rotatable bonds is 8. The van der Waals surface area contributed by atoms with E-state index in [1.807, 2.05) is 0 Å². The van der Waals surface area contributed by atoms with E-state index in [0.717, 1.165) is 0 Å². The van der Waals surface area contributed by atoms with Gasteiger partial charge in [0.15, 0.2) is 17.1 Å². The summed E-state index contributed by atoms with van der Waals surface area (Å²) >= 11 is 0. The first-order valence-electron chi connectivity index (χ1n) is 23.7. The largest absolute Gasteiger partial charge is 0.507 e. The molecule has 1 saturated heterocycles. The smallest absolute Gasteiger partial charge is 0.302 e. The van der Waals surface area contributed by atoms with Crippen LogP contribution >= 0.6 is 0 Å². The molecule has 4 bridgehead atoms. The van der Waals surface area contributed by atoms with E-state index in [4.69, 9.17) is 38.2 Å². The molecule has 0 spiro atoms. The van der Waals surface area contributed by atoms with Crippen molar-refractivity contribution in [3.63, 3.8) is 0 Å². The van der Waals surface area contributed by atoms with Crippen LogP contribution in [0.4, 0.5) is 11.4 Å². The Bertz CT molecular complexity index is 2800. The molecule has 384 valence electrons. The first-order chi connectivity index (χ1) is 33.8. The average Bonchev–Trinajstić information content (AvgIpc) is 3.65. The average molecular weight is 988 g/mol. The topological polar surface area (TPSA) is 276 Å². The first kappa shape index (κ1) is 52.5. The van der Waals surface area contributed by atoms with Crippen LogP contribution in [-0.4, -0.2) is 148 Å². The molecule has 2 aromatic carbocycles. The van der Waals surface area contributed by atoms with Gasteiger partial charge in [0.1, 0.15) is 40.3 Å². The Morgan fingerprint density at radius 1 is 0.986 bits per heavy atom. The highest BCUT2D eigenvalue weighted by Gasteiger charge is 2.49. The molecule has 5 aliphatic rings. The van der Waals surface area contributed by atoms with E-state index in [0.29, 0.717) is 45.0 Å². The number of aromatic nitrogens is 1. The van der Waals surface area contributed by atoms with Gasteiger partial charge in [-0.05, 0) is 19.9 Å². The van der Waals surface area contributed by atoms with Gasteiger partial charge >= 0.3 is 5.97 Å². The first-order valence-corrected chi connectivity index (χ1v) is 23.7. The number of piperazine rings is 1. The predicted octanol–water partition coefficient (Wildman–Crippen LogP) is 4.78. The Hall–Kier alpha value is -6.29. The van der Waals surface area contributed by atoms with E-state index < -0.39 is 76.9 Å². The summed E-state index contributed by atoms with van der Waals surface area (Å²) in [4.78, 5) is 50.7. The van der Waals surface area contributed by atoms with Crippen LogP contribution in [0.25, 0.3) is 33.3 Å². The summed E-state index contributed by atoms with van der Waals surface area (Å²) in [5.74, 6) is -6.95. The van der Waals surface area contributed by atoms with Gasteiger partial charge < -0.3 is 69.1 Å². The van der Waals surface area contributed by atoms with Crippen molar-refractivity contribution in [2.45, 2.75) is 85.6 Å². The van der Waals surface area contributed by atoms with Crippen molar-refractivity contribution < 1.29 is 68.4 Å². The number of ether oxygens (including phenoxy) is 5. The molecule has 9 atom stereocenters. The Labute approximate surface area is 410 Å². The molecule has 1 amide bonds. The SMILES string of the molecule is CO[C@H]1/C=C/O[C@@]2(C)Oc3c(C)c(O)c4c(=O)c(c5oc6cc(N7CCN(CCOCCO)CC7)cc(O)c6nc-5c4c3/C2=N/O)NC(=O)/C(C)=C\C=C\[C@H](C)[C@H](O)[C@@H](C)[C@@H](O)[C@@H](C)[C@H](OC(C)=O)[C@@H]1C. The minimum Gasteiger partial charge on any atom is -0.507 e. The van der Waals surface area contributed by atoms with Gasteiger partial charge in [-0.3, -0.25) is 19.3 Å². The number of hydrogen-bond acceptors (Lipinski definition) is 19. The number of esters is 1. The molecule has 7 rings (SSSR count). The molecule has 71 heavy (non-hydrogen) atoms. The van der Waals surface area contributed by atoms with Gasteiger partial charge in [-0.2, -0.15) is 0 Å². The lowest BCUT2D eigenvalue weighted by molar-refractivity contribution is -0.160. The number of phenolic OH excluding ortho intramolecular Hbond substituents is 2. The maximum Gasteiger partial charge on any atom is 0.302 e. The number of methoxy groups -OCH3 is 1. The number of hydrogen-bond donors (Lipinski definition) is 7. The fourth-order valence-corrected chi connectivity index (χ4v) is 9.80. The fraction of sp³-hybridized carbons (Fsp3) is 0.510. The van der Waals surface area contributed by atoms with Crippen molar-refractivity contribution in [2.75, 3.05) is 69.9 Å². The number of nitrogens with one attached hydrogen (secondary N) is 1. The van der Waals surface area contributed by atoms with Crippen LogP contribution in [0.2, 0.25) is 0 Å². The number of phenols is 2. The van der Waals surface area contributed by atoms with Gasteiger partial charge in [0.25, 0.3) is 11.7 Å². The second-order valence-electron chi connectivity index (χ2n) is 18.8. The van der Waals surface area contributed by atoms with Crippen molar-refractivity contribution in [2.24, 2.45) is 28.8 Å². The highest BCUT2D eigenvalue weighted by atomic mass is 16.7. The molecule has 0 unspecified atom stereocenters. The normalized spacial score (nSPS) is 29.2. The van der Waals surface area contributed by atoms with Crippen molar-refractivity contribution in [3.05, 3.63) is 69.6 Å². The number of amides is 1. The standard InChI is InChI=1S/C51H65N5O15/c1-25-11-10-12-26(2)50(64)53-41-45(63)37-36(40-48(41)70-35-24-32(23-33(59)39(35)52-40)56-16-14-55(15-17-56)18-21-67-22-19-57)38-47(30(6)44(37)62)71-51(8,49(38)54-65)68-20-13-34(66-9)27(3)46(69-31(7)58)29(5)43(61)28(4)42(25)60/h10-13,20,23-25,27-29,34,42-43,46,57,59-62,65H,14-19,21-22H2,1-9H3,(H,53,64)/b11-10+,20-13+,26-12-,54-49-/t25-,27+,28+,29+,34-,42-,43+,46+,51-/m0/s1. The van der Waals surface area contributed by atoms with Gasteiger partial charge in [0.05, 0.1) is 55.3 Å². The van der Waals surface area contributed by atoms with Crippen molar-refractivity contribution in [3.8, 4) is 28.7 Å². The molecule has 2 aromatic rings. The van der Waals surface area contributed by atoms with Gasteiger partial charge in [0.2, 0.25) is 5.43 Å². The molecular weight excluding hydrogens is 923 g/mol. The van der Waals surface area contributed by atoms with E-state index in [-0.39, 0.29) is 86.1 Å². The number of carbonyl (C=O) groups excluding carboxylic acids is 2. The van der Waals surface area contributed by atoms with Crippen LogP contribution in [0.1, 0.15) is 59.6 Å². The number of anilines is 2. The number of aromatic hydroxyl groups is 2. The number of benzene rings is 3. The minimum atomic E-state index is -1.95. The van der Waals surface area contributed by atoms with Crippen LogP contribution in [0.15, 0.2) is 62.6 Å². The third kappa shape index (κ3) is 10.3. The van der Waals surface area contributed by atoms with Crippen LogP contribution in [0.5, 0.6) is 17.2 Å².